The van der Waals surface area contributed by atoms with Crippen molar-refractivity contribution in [3.8, 4) is 17.0 Å². The molecule has 4 aromatic rings. The average molecular weight is 451 g/mol. The number of ketones is 2. The number of Topliss-reactive ketones (excluding diaryl/α,β-unsaturated/α-hetero) is 1. The number of ether oxygens (including phenoxy) is 1. The molecule has 0 spiro atoms. The van der Waals surface area contributed by atoms with Gasteiger partial charge in [0.25, 0.3) is 0 Å². The summed E-state index contributed by atoms with van der Waals surface area (Å²) in [6.07, 6.45) is 1.09. The molecule has 3 aromatic carbocycles. The average Bonchev–Trinajstić information content (AvgIpc) is 3.22. The van der Waals surface area contributed by atoms with E-state index < -0.39 is 0 Å². The van der Waals surface area contributed by atoms with Crippen LogP contribution in [0.3, 0.4) is 0 Å². The second-order valence-corrected chi connectivity index (χ2v) is 8.37. The highest BCUT2D eigenvalue weighted by Gasteiger charge is 2.31. The molecule has 0 amide bonds. The molecule has 0 atom stereocenters. The molecule has 34 heavy (non-hydrogen) atoms. The standard InChI is InChI=1S/C29H26N2O3/c1-34-23-15-13-22(14-16-23)28(33)26-24(19-25(32)20-9-4-2-5-10-20)27(21-11-6-3-7-12-21)31-18-8-17-30-29(26)31/h2-7,9-16,30H,8,17-19H2,1H3. The number of methoxy groups -OCH3 is 1. The van der Waals surface area contributed by atoms with Crippen molar-refractivity contribution in [3.05, 3.63) is 107 Å². The van der Waals surface area contributed by atoms with E-state index in [0.29, 0.717) is 22.4 Å². The molecule has 5 heteroatoms. The Labute approximate surface area is 199 Å². The van der Waals surface area contributed by atoms with Gasteiger partial charge in [-0.15, -0.1) is 0 Å². The van der Waals surface area contributed by atoms with Crippen LogP contribution in [0.4, 0.5) is 5.82 Å². The molecule has 0 fully saturated rings. The van der Waals surface area contributed by atoms with Crippen molar-refractivity contribution in [2.24, 2.45) is 0 Å². The molecule has 0 radical (unpaired) electrons. The minimum absolute atomic E-state index is 0.00971. The topological polar surface area (TPSA) is 60.3 Å². The molecule has 1 aromatic heterocycles. The quantitative estimate of drug-likeness (QED) is 0.371. The molecule has 0 saturated heterocycles. The number of anilines is 1. The number of hydrogen-bond donors (Lipinski definition) is 1. The van der Waals surface area contributed by atoms with Crippen molar-refractivity contribution in [2.75, 3.05) is 19.0 Å². The van der Waals surface area contributed by atoms with Crippen molar-refractivity contribution < 1.29 is 14.3 Å². The first-order chi connectivity index (χ1) is 16.7. The Balaban J connectivity index is 1.69. The summed E-state index contributed by atoms with van der Waals surface area (Å²) in [4.78, 5) is 27.2. The summed E-state index contributed by atoms with van der Waals surface area (Å²) < 4.78 is 7.43. The molecular formula is C29H26N2O3. The molecule has 0 bridgehead atoms. The molecule has 0 aliphatic carbocycles. The van der Waals surface area contributed by atoms with Crippen LogP contribution in [0.15, 0.2) is 84.9 Å². The van der Waals surface area contributed by atoms with Gasteiger partial charge in [-0.25, -0.2) is 0 Å². The molecule has 170 valence electrons. The van der Waals surface area contributed by atoms with E-state index in [1.54, 1.807) is 31.4 Å². The van der Waals surface area contributed by atoms with E-state index in [9.17, 15) is 9.59 Å². The minimum atomic E-state index is -0.0983. The van der Waals surface area contributed by atoms with Crippen LogP contribution in [0.25, 0.3) is 11.3 Å². The fourth-order valence-electron chi connectivity index (χ4n) is 4.64. The van der Waals surface area contributed by atoms with Crippen molar-refractivity contribution in [1.29, 1.82) is 0 Å². The number of nitrogens with zero attached hydrogens (tertiary/aromatic N) is 1. The molecule has 2 heterocycles. The lowest BCUT2D eigenvalue weighted by atomic mass is 9.93. The molecule has 1 aliphatic heterocycles. The number of nitrogens with one attached hydrogen (secondary N) is 1. The molecule has 5 rings (SSSR count). The number of carbonyl (C=O) groups is 2. The lowest BCUT2D eigenvalue weighted by Crippen LogP contribution is -2.19. The predicted octanol–water partition coefficient (Wildman–Crippen LogP) is 5.64. The first kappa shape index (κ1) is 21.7. The van der Waals surface area contributed by atoms with Crippen LogP contribution >= 0.6 is 0 Å². The maximum atomic E-state index is 13.9. The van der Waals surface area contributed by atoms with Gasteiger partial charge >= 0.3 is 0 Å². The summed E-state index contributed by atoms with van der Waals surface area (Å²) in [5.74, 6) is 1.38. The third kappa shape index (κ3) is 4.01. The Morgan fingerprint density at radius 1 is 0.882 bits per heavy atom. The smallest absolute Gasteiger partial charge is 0.197 e. The fraction of sp³-hybridized carbons (Fsp3) is 0.172. The van der Waals surface area contributed by atoms with Gasteiger partial charge in [-0.1, -0.05) is 60.7 Å². The predicted molar refractivity (Wildman–Crippen MR) is 134 cm³/mol. The SMILES string of the molecule is COc1ccc(C(=O)c2c(CC(=O)c3ccccc3)c(-c3ccccc3)n3c2NCCC3)cc1. The van der Waals surface area contributed by atoms with Crippen molar-refractivity contribution in [3.63, 3.8) is 0 Å². The van der Waals surface area contributed by atoms with E-state index in [1.807, 2.05) is 60.7 Å². The van der Waals surface area contributed by atoms with Crippen molar-refractivity contribution >= 4 is 17.4 Å². The van der Waals surface area contributed by atoms with Gasteiger partial charge in [0.1, 0.15) is 11.6 Å². The van der Waals surface area contributed by atoms with Gasteiger partial charge in [0.2, 0.25) is 0 Å². The van der Waals surface area contributed by atoms with Gasteiger partial charge in [-0.3, -0.25) is 9.59 Å². The Morgan fingerprint density at radius 2 is 1.56 bits per heavy atom. The lowest BCUT2D eigenvalue weighted by Gasteiger charge is -2.20. The summed E-state index contributed by atoms with van der Waals surface area (Å²) in [6, 6.07) is 26.4. The van der Waals surface area contributed by atoms with Gasteiger partial charge in [0.05, 0.1) is 18.4 Å². The van der Waals surface area contributed by atoms with Crippen LogP contribution in [0.5, 0.6) is 5.75 Å². The van der Waals surface area contributed by atoms with Crippen molar-refractivity contribution in [1.82, 2.24) is 4.57 Å². The van der Waals surface area contributed by atoms with Gasteiger partial charge < -0.3 is 14.6 Å². The van der Waals surface area contributed by atoms with Gasteiger partial charge in [0, 0.05) is 30.6 Å². The Morgan fingerprint density at radius 3 is 2.24 bits per heavy atom. The number of rotatable bonds is 7. The zero-order valence-electron chi connectivity index (χ0n) is 19.1. The second-order valence-electron chi connectivity index (χ2n) is 8.37. The maximum Gasteiger partial charge on any atom is 0.197 e. The maximum absolute atomic E-state index is 13.9. The normalized spacial score (nSPS) is 12.5. The van der Waals surface area contributed by atoms with Crippen LogP contribution in [0.1, 0.15) is 38.3 Å². The molecule has 1 aliphatic rings. The molecule has 0 unspecified atom stereocenters. The van der Waals surface area contributed by atoms with Gasteiger partial charge in [-0.05, 0) is 41.8 Å². The third-order valence-electron chi connectivity index (χ3n) is 6.27. The summed E-state index contributed by atoms with van der Waals surface area (Å²) >= 11 is 0. The molecule has 1 N–H and O–H groups in total. The Kier molecular flexibility index (Phi) is 6.00. The van der Waals surface area contributed by atoms with E-state index >= 15 is 0 Å². The van der Waals surface area contributed by atoms with Crippen LogP contribution in [-0.4, -0.2) is 29.8 Å². The highest BCUT2D eigenvalue weighted by molar-refractivity contribution is 6.15. The van der Waals surface area contributed by atoms with E-state index in [0.717, 1.165) is 42.1 Å². The zero-order valence-corrected chi connectivity index (χ0v) is 19.1. The first-order valence-electron chi connectivity index (χ1n) is 11.5. The number of hydrogen-bond acceptors (Lipinski definition) is 4. The lowest BCUT2D eigenvalue weighted by molar-refractivity contribution is 0.0993. The van der Waals surface area contributed by atoms with Crippen LogP contribution < -0.4 is 10.1 Å². The number of benzene rings is 3. The Bertz CT molecular complexity index is 1320. The van der Waals surface area contributed by atoms with Crippen LogP contribution in [0.2, 0.25) is 0 Å². The molecular weight excluding hydrogens is 424 g/mol. The summed E-state index contributed by atoms with van der Waals surface area (Å²) in [5, 5.41) is 3.45. The summed E-state index contributed by atoms with van der Waals surface area (Å²) in [5.41, 5.74) is 4.48. The second kappa shape index (κ2) is 9.40. The molecule has 5 nitrogen and oxygen atoms in total. The van der Waals surface area contributed by atoms with E-state index in [2.05, 4.69) is 9.88 Å². The van der Waals surface area contributed by atoms with E-state index in [-0.39, 0.29) is 18.0 Å². The highest BCUT2D eigenvalue weighted by Crippen LogP contribution is 2.39. The van der Waals surface area contributed by atoms with Crippen LogP contribution in [-0.2, 0) is 13.0 Å². The monoisotopic (exact) mass is 450 g/mol. The number of aromatic nitrogens is 1. The number of fused-ring (bicyclic) bond motifs is 1. The summed E-state index contributed by atoms with van der Waals surface area (Å²) in [6.45, 7) is 1.57. The molecule has 0 saturated carbocycles. The third-order valence-corrected chi connectivity index (χ3v) is 6.27. The van der Waals surface area contributed by atoms with Gasteiger partial charge in [-0.2, -0.15) is 0 Å². The summed E-state index contributed by atoms with van der Waals surface area (Å²) in [7, 11) is 1.60. The largest absolute Gasteiger partial charge is 0.497 e. The van der Waals surface area contributed by atoms with Gasteiger partial charge in [0.15, 0.2) is 11.6 Å². The fourth-order valence-corrected chi connectivity index (χ4v) is 4.64. The highest BCUT2D eigenvalue weighted by atomic mass is 16.5. The van der Waals surface area contributed by atoms with E-state index in [1.165, 1.54) is 0 Å². The van der Waals surface area contributed by atoms with Crippen LogP contribution in [0, 0.1) is 0 Å². The van der Waals surface area contributed by atoms with E-state index in [4.69, 9.17) is 4.74 Å². The zero-order chi connectivity index (χ0) is 23.5. The number of carbonyl (C=O) groups excluding carboxylic acids is 2. The first-order valence-corrected chi connectivity index (χ1v) is 11.5. The minimum Gasteiger partial charge on any atom is -0.497 e. The van der Waals surface area contributed by atoms with Crippen molar-refractivity contribution in [2.45, 2.75) is 19.4 Å². The Hall–Kier alpha value is -4.12.